The monoisotopic (exact) mass is 1140 g/mol. The van der Waals surface area contributed by atoms with Crippen LogP contribution < -0.4 is 0 Å². The lowest BCUT2D eigenvalue weighted by molar-refractivity contribution is 0.632. The van der Waals surface area contributed by atoms with Gasteiger partial charge in [-0.2, -0.15) is 0 Å². The molecule has 4 aromatic heterocycles. The normalized spacial score (nSPS) is 11.4. The Morgan fingerprint density at radius 2 is 0.640 bits per heavy atom. The van der Waals surface area contributed by atoms with Gasteiger partial charge in [-0.25, -0.2) is 24.3 Å². The predicted molar refractivity (Wildman–Crippen MR) is 366 cm³/mol. The van der Waals surface area contributed by atoms with Gasteiger partial charge in [0.15, 0.2) is 5.82 Å². The van der Waals surface area contributed by atoms with Crippen LogP contribution in [0.15, 0.2) is 322 Å². The average molecular weight is 1140 g/mol. The van der Waals surface area contributed by atoms with Gasteiger partial charge in [-0.3, -0.25) is 4.57 Å². The summed E-state index contributed by atoms with van der Waals surface area (Å²) in [5.74, 6) is 1.11. The van der Waals surface area contributed by atoms with Crippen molar-refractivity contribution in [2.45, 2.75) is 0 Å². The standard InChI is InChI=1S/C44H29N3.C38H24FN3/c1-2-9-30(10-3-1)31-17-19-32(20-18-31)35-12-8-13-36(27-35)37-28-45-44(46-29-37)34-21-24-38(25-22-34)47-42-16-7-6-15-40(42)41-26-23-33-11-4-5-14-39(33)43(41)47;39-35-22-29(19-20-31(35)27-8-2-1-3-9-27)25-14-16-26(17-15-25)30-23-40-38(41-24-30)42-36-13-7-6-12-33(36)34-21-18-28-10-4-5-11-32(28)37(34)42/h1-29H;1-24H. The summed E-state index contributed by atoms with van der Waals surface area (Å²) in [5, 5.41) is 9.71. The maximum absolute atomic E-state index is 15.0. The first-order chi connectivity index (χ1) is 44.0. The lowest BCUT2D eigenvalue weighted by atomic mass is 9.98. The van der Waals surface area contributed by atoms with Gasteiger partial charge in [-0.1, -0.05) is 249 Å². The molecule has 0 aliphatic carbocycles. The molecule has 0 saturated carbocycles. The molecule has 418 valence electrons. The zero-order valence-electron chi connectivity index (χ0n) is 48.2. The minimum absolute atomic E-state index is 0.232. The zero-order valence-corrected chi connectivity index (χ0v) is 48.2. The summed E-state index contributed by atoms with van der Waals surface area (Å²) < 4.78 is 19.5. The van der Waals surface area contributed by atoms with Crippen LogP contribution in [-0.2, 0) is 0 Å². The Labute approximate surface area is 513 Å². The van der Waals surface area contributed by atoms with Crippen molar-refractivity contribution in [3.05, 3.63) is 328 Å². The second-order valence-corrected chi connectivity index (χ2v) is 22.3. The SMILES string of the molecule is Fc1cc(-c2ccc(-c3cnc(-n4c5ccccc5c5ccc6ccccc6c54)nc3)cc2)ccc1-c1ccccc1.c1ccc(-c2ccc(-c3cccc(-c4cnc(-c5ccc(-n6c7ccccc7c7ccc8ccccc8c76)cc5)nc4)c3)cc2)cc1. The molecule has 0 atom stereocenters. The van der Waals surface area contributed by atoms with E-state index >= 15 is 0 Å². The van der Waals surface area contributed by atoms with E-state index in [9.17, 15) is 4.39 Å². The Bertz CT molecular complexity index is 5450. The quantitative estimate of drug-likeness (QED) is 0.144. The number of hydrogen-bond acceptors (Lipinski definition) is 4. The summed E-state index contributed by atoms with van der Waals surface area (Å²) in [6.07, 6.45) is 7.59. The molecule has 0 bridgehead atoms. The van der Waals surface area contributed by atoms with Crippen LogP contribution in [0.2, 0.25) is 0 Å². The minimum Gasteiger partial charge on any atom is -0.309 e. The van der Waals surface area contributed by atoms with Gasteiger partial charge < -0.3 is 4.57 Å². The van der Waals surface area contributed by atoms with Crippen LogP contribution in [0.3, 0.4) is 0 Å². The summed E-state index contributed by atoms with van der Waals surface area (Å²) in [4.78, 5) is 19.3. The molecule has 0 amide bonds. The van der Waals surface area contributed by atoms with E-state index in [0.717, 1.165) is 61.2 Å². The molecule has 13 aromatic carbocycles. The van der Waals surface area contributed by atoms with Crippen molar-refractivity contribution >= 4 is 65.2 Å². The third-order valence-corrected chi connectivity index (χ3v) is 17.1. The van der Waals surface area contributed by atoms with Crippen molar-refractivity contribution in [1.82, 2.24) is 29.1 Å². The molecule has 17 rings (SSSR count). The Morgan fingerprint density at radius 1 is 0.247 bits per heavy atom. The van der Waals surface area contributed by atoms with Crippen molar-refractivity contribution in [2.75, 3.05) is 0 Å². The Kier molecular flexibility index (Phi) is 13.3. The van der Waals surface area contributed by atoms with Crippen molar-refractivity contribution in [1.29, 1.82) is 0 Å². The van der Waals surface area contributed by atoms with E-state index in [0.29, 0.717) is 17.3 Å². The van der Waals surface area contributed by atoms with E-state index in [1.54, 1.807) is 6.07 Å². The van der Waals surface area contributed by atoms with Gasteiger partial charge in [0.1, 0.15) is 5.82 Å². The second kappa shape index (κ2) is 22.5. The largest absolute Gasteiger partial charge is 0.309 e. The van der Waals surface area contributed by atoms with Gasteiger partial charge in [0.05, 0.1) is 22.1 Å². The molecule has 0 unspecified atom stereocenters. The van der Waals surface area contributed by atoms with Crippen molar-refractivity contribution < 1.29 is 4.39 Å². The molecule has 4 heterocycles. The highest BCUT2D eigenvalue weighted by Gasteiger charge is 2.19. The maximum atomic E-state index is 15.0. The molecule has 0 saturated heterocycles. The van der Waals surface area contributed by atoms with Crippen LogP contribution in [-0.4, -0.2) is 29.1 Å². The summed E-state index contributed by atoms with van der Waals surface area (Å²) >= 11 is 0. The van der Waals surface area contributed by atoms with Crippen LogP contribution >= 0.6 is 0 Å². The topological polar surface area (TPSA) is 61.4 Å². The lowest BCUT2D eigenvalue weighted by Gasteiger charge is -2.11. The van der Waals surface area contributed by atoms with Crippen molar-refractivity contribution in [3.63, 3.8) is 0 Å². The number of halogens is 1. The molecule has 6 nitrogen and oxygen atoms in total. The van der Waals surface area contributed by atoms with Gasteiger partial charge in [-0.15, -0.1) is 0 Å². The lowest BCUT2D eigenvalue weighted by Crippen LogP contribution is -2.01. The molecule has 17 aromatic rings. The summed E-state index contributed by atoms with van der Waals surface area (Å²) in [6, 6.07) is 102. The third kappa shape index (κ3) is 9.73. The molecular formula is C82H53FN6. The van der Waals surface area contributed by atoms with Gasteiger partial charge in [0, 0.05) is 85.0 Å². The van der Waals surface area contributed by atoms with E-state index in [1.807, 2.05) is 97.6 Å². The summed E-state index contributed by atoms with van der Waals surface area (Å²) in [6.45, 7) is 0. The van der Waals surface area contributed by atoms with Gasteiger partial charge in [0.25, 0.3) is 0 Å². The highest BCUT2D eigenvalue weighted by atomic mass is 19.1. The molecule has 7 heteroatoms. The van der Waals surface area contributed by atoms with Crippen molar-refractivity contribution in [3.8, 4) is 89.8 Å². The summed E-state index contributed by atoms with van der Waals surface area (Å²) in [5.41, 5.74) is 18.7. The van der Waals surface area contributed by atoms with E-state index in [1.165, 1.54) is 76.4 Å². The number of hydrogen-bond donors (Lipinski definition) is 0. The van der Waals surface area contributed by atoms with E-state index in [4.69, 9.17) is 19.9 Å². The van der Waals surface area contributed by atoms with E-state index in [2.05, 4.69) is 228 Å². The zero-order chi connectivity index (χ0) is 59.2. The first-order valence-corrected chi connectivity index (χ1v) is 29.8. The molecule has 0 N–H and O–H groups in total. The van der Waals surface area contributed by atoms with Crippen molar-refractivity contribution in [2.24, 2.45) is 0 Å². The van der Waals surface area contributed by atoms with Crippen LogP contribution in [0.25, 0.3) is 155 Å². The molecule has 89 heavy (non-hydrogen) atoms. The third-order valence-electron chi connectivity index (χ3n) is 17.1. The fourth-order valence-electron chi connectivity index (χ4n) is 12.7. The maximum Gasteiger partial charge on any atom is 0.234 e. The molecule has 0 aliphatic heterocycles. The number of benzene rings is 13. The van der Waals surface area contributed by atoms with E-state index < -0.39 is 0 Å². The molecule has 0 aliphatic rings. The Balaban J connectivity index is 0.000000144. The number of fused-ring (bicyclic) bond motifs is 10. The highest BCUT2D eigenvalue weighted by Crippen LogP contribution is 2.39. The minimum atomic E-state index is -0.232. The van der Waals surface area contributed by atoms with E-state index in [-0.39, 0.29) is 5.82 Å². The van der Waals surface area contributed by atoms with Crippen LogP contribution in [0.5, 0.6) is 0 Å². The molecular weight excluding hydrogens is 1090 g/mol. The first-order valence-electron chi connectivity index (χ1n) is 29.8. The Hall–Kier alpha value is -11.9. The number of rotatable bonds is 9. The molecule has 0 radical (unpaired) electrons. The first kappa shape index (κ1) is 52.6. The van der Waals surface area contributed by atoms with Crippen LogP contribution in [0.4, 0.5) is 4.39 Å². The van der Waals surface area contributed by atoms with Gasteiger partial charge >= 0.3 is 0 Å². The average Bonchev–Trinajstić information content (AvgIpc) is 1.70. The number of aromatic nitrogens is 6. The fourth-order valence-corrected chi connectivity index (χ4v) is 12.7. The Morgan fingerprint density at radius 3 is 1.21 bits per heavy atom. The van der Waals surface area contributed by atoms with Gasteiger partial charge in [-0.05, 0) is 109 Å². The van der Waals surface area contributed by atoms with Crippen LogP contribution in [0.1, 0.15) is 0 Å². The smallest absolute Gasteiger partial charge is 0.234 e. The van der Waals surface area contributed by atoms with Crippen LogP contribution in [0, 0.1) is 5.82 Å². The number of para-hydroxylation sites is 2. The summed E-state index contributed by atoms with van der Waals surface area (Å²) in [7, 11) is 0. The highest BCUT2D eigenvalue weighted by molar-refractivity contribution is 6.19. The van der Waals surface area contributed by atoms with Gasteiger partial charge in [0.2, 0.25) is 5.95 Å². The molecule has 0 fully saturated rings. The predicted octanol–water partition coefficient (Wildman–Crippen LogP) is 21.3. The molecule has 0 spiro atoms. The fraction of sp³-hybridized carbons (Fsp3) is 0. The second-order valence-electron chi connectivity index (χ2n) is 22.3. The number of nitrogens with zero attached hydrogens (tertiary/aromatic N) is 6.